The summed E-state index contributed by atoms with van der Waals surface area (Å²) in [5.74, 6) is 1.69. The summed E-state index contributed by atoms with van der Waals surface area (Å²) in [5, 5.41) is 0. The molecule has 1 aliphatic carbocycles. The highest BCUT2D eigenvalue weighted by molar-refractivity contribution is 6.03. The van der Waals surface area contributed by atoms with E-state index in [1.165, 1.54) is 19.3 Å². The van der Waals surface area contributed by atoms with Gasteiger partial charge in [0.1, 0.15) is 11.5 Å². The molecule has 0 N–H and O–H groups in total. The number of rotatable bonds is 5. The van der Waals surface area contributed by atoms with Gasteiger partial charge in [0.05, 0.1) is 6.20 Å². The number of hydrogen-bond donors (Lipinski definition) is 0. The number of carbonyl (C=O) groups is 1. The second-order valence-electron chi connectivity index (χ2n) is 5.24. The molecule has 1 heterocycles. The maximum absolute atomic E-state index is 12.1. The second kappa shape index (κ2) is 5.38. The third kappa shape index (κ3) is 2.81. The molecule has 0 unspecified atom stereocenters. The Morgan fingerprint density at radius 2 is 2.28 bits per heavy atom. The van der Waals surface area contributed by atoms with Crippen LogP contribution in [0.5, 0.6) is 0 Å². The molecule has 18 heavy (non-hydrogen) atoms. The quantitative estimate of drug-likeness (QED) is 0.591. The van der Waals surface area contributed by atoms with E-state index >= 15 is 0 Å². The molecule has 0 bridgehead atoms. The highest BCUT2D eigenvalue weighted by atomic mass is 16.1. The fourth-order valence-corrected chi connectivity index (χ4v) is 2.13. The number of ketones is 1. The van der Waals surface area contributed by atoms with Gasteiger partial charge in [-0.05, 0) is 25.7 Å². The topological polar surface area (TPSA) is 38.1 Å². The molecule has 0 saturated heterocycles. The average molecular weight is 247 g/mol. The third-order valence-corrected chi connectivity index (χ3v) is 3.50. The van der Waals surface area contributed by atoms with Gasteiger partial charge in [0.25, 0.3) is 0 Å². The first-order valence-electron chi connectivity index (χ1n) is 6.49. The van der Waals surface area contributed by atoms with Crippen LogP contribution in [-0.4, -0.2) is 34.3 Å². The van der Waals surface area contributed by atoms with E-state index in [-0.39, 0.29) is 5.78 Å². The molecule has 0 aromatic carbocycles. The second-order valence-corrected chi connectivity index (χ2v) is 5.24. The van der Waals surface area contributed by atoms with E-state index in [1.54, 1.807) is 18.5 Å². The molecule has 1 aliphatic rings. The zero-order valence-corrected chi connectivity index (χ0v) is 11.4. The zero-order valence-electron chi connectivity index (χ0n) is 11.4. The van der Waals surface area contributed by atoms with Gasteiger partial charge in [-0.1, -0.05) is 6.42 Å². The van der Waals surface area contributed by atoms with Gasteiger partial charge in [0.2, 0.25) is 5.78 Å². The first kappa shape index (κ1) is 12.9. The van der Waals surface area contributed by atoms with Crippen LogP contribution in [0, 0.1) is 12.8 Å². The Balaban J connectivity index is 2.14. The minimum Gasteiger partial charge on any atom is -0.383 e. The summed E-state index contributed by atoms with van der Waals surface area (Å²) in [6, 6.07) is 0. The maximum atomic E-state index is 12.1. The summed E-state index contributed by atoms with van der Waals surface area (Å²) in [6.45, 7) is 2.90. The molecule has 0 radical (unpaired) electrons. The lowest BCUT2D eigenvalue weighted by molar-refractivity contribution is 0.103. The maximum Gasteiger partial charge on any atom is 0.205 e. The van der Waals surface area contributed by atoms with E-state index < -0.39 is 0 Å². The Labute approximate surface area is 108 Å². The Bertz CT molecular complexity index is 456. The molecule has 2 rings (SSSR count). The highest BCUT2D eigenvalue weighted by Gasteiger charge is 2.21. The number of imidazole rings is 1. The van der Waals surface area contributed by atoms with Crippen LogP contribution in [0.15, 0.2) is 18.5 Å². The Morgan fingerprint density at radius 1 is 1.56 bits per heavy atom. The van der Waals surface area contributed by atoms with Gasteiger partial charge >= 0.3 is 0 Å². The van der Waals surface area contributed by atoms with Crippen molar-refractivity contribution >= 4 is 5.78 Å². The number of carbonyl (C=O) groups excluding carboxylic acids is 1. The van der Waals surface area contributed by atoms with Gasteiger partial charge in [-0.2, -0.15) is 0 Å². The Kier molecular flexibility index (Phi) is 3.84. The van der Waals surface area contributed by atoms with Crippen molar-refractivity contribution in [1.82, 2.24) is 14.5 Å². The first-order valence-corrected chi connectivity index (χ1v) is 6.49. The van der Waals surface area contributed by atoms with Crippen molar-refractivity contribution in [1.29, 1.82) is 0 Å². The van der Waals surface area contributed by atoms with Gasteiger partial charge in [-0.25, -0.2) is 4.98 Å². The lowest BCUT2D eigenvalue weighted by atomic mass is 9.85. The number of aryl methyl sites for hydroxylation is 1. The molecule has 1 aromatic rings. The fourth-order valence-electron chi connectivity index (χ4n) is 2.13. The fraction of sp³-hybridized carbons (Fsp3) is 0.571. The predicted molar refractivity (Wildman–Crippen MR) is 71.5 cm³/mol. The molecule has 0 amide bonds. The summed E-state index contributed by atoms with van der Waals surface area (Å²) in [7, 11) is 3.81. The van der Waals surface area contributed by atoms with Crippen molar-refractivity contribution in [3.05, 3.63) is 30.0 Å². The van der Waals surface area contributed by atoms with Crippen molar-refractivity contribution in [3.8, 4) is 0 Å². The number of hydrogen-bond acceptors (Lipinski definition) is 3. The molecule has 1 aromatic heterocycles. The summed E-state index contributed by atoms with van der Waals surface area (Å²) in [5.41, 5.74) is 0.706. The lowest BCUT2D eigenvalue weighted by Crippen LogP contribution is -2.21. The Morgan fingerprint density at radius 3 is 2.83 bits per heavy atom. The smallest absolute Gasteiger partial charge is 0.205 e. The van der Waals surface area contributed by atoms with Gasteiger partial charge < -0.3 is 9.47 Å². The van der Waals surface area contributed by atoms with Crippen molar-refractivity contribution in [3.63, 3.8) is 0 Å². The number of allylic oxidation sites excluding steroid dienone is 1. The van der Waals surface area contributed by atoms with Crippen LogP contribution >= 0.6 is 0 Å². The molecule has 1 saturated carbocycles. The monoisotopic (exact) mass is 247 g/mol. The molecular formula is C14H21N3O. The normalized spacial score (nSPS) is 15.9. The van der Waals surface area contributed by atoms with Crippen molar-refractivity contribution < 1.29 is 4.79 Å². The van der Waals surface area contributed by atoms with Crippen molar-refractivity contribution in [2.24, 2.45) is 5.92 Å². The van der Waals surface area contributed by atoms with Crippen LogP contribution < -0.4 is 0 Å². The molecule has 4 nitrogen and oxygen atoms in total. The summed E-state index contributed by atoms with van der Waals surface area (Å²) in [6.07, 6.45) is 8.95. The van der Waals surface area contributed by atoms with E-state index in [1.807, 2.05) is 25.9 Å². The molecule has 0 spiro atoms. The zero-order chi connectivity index (χ0) is 13.1. The van der Waals surface area contributed by atoms with E-state index in [0.717, 1.165) is 18.3 Å². The van der Waals surface area contributed by atoms with Crippen molar-refractivity contribution in [2.75, 3.05) is 14.1 Å². The summed E-state index contributed by atoms with van der Waals surface area (Å²) >= 11 is 0. The van der Waals surface area contributed by atoms with Crippen LogP contribution in [0.4, 0.5) is 0 Å². The largest absolute Gasteiger partial charge is 0.383 e. The Hall–Kier alpha value is -1.58. The SMILES string of the molecule is Cc1ncc(C(=O)/C=C/N(C)C)n1CC1CCC1. The van der Waals surface area contributed by atoms with Gasteiger partial charge in [-0.15, -0.1) is 0 Å². The minimum atomic E-state index is 0.0311. The molecule has 98 valence electrons. The van der Waals surface area contributed by atoms with Crippen LogP contribution in [0.3, 0.4) is 0 Å². The highest BCUT2D eigenvalue weighted by Crippen LogP contribution is 2.28. The van der Waals surface area contributed by atoms with E-state index in [2.05, 4.69) is 9.55 Å². The number of nitrogens with zero attached hydrogens (tertiary/aromatic N) is 3. The third-order valence-electron chi connectivity index (χ3n) is 3.50. The molecule has 0 aliphatic heterocycles. The van der Waals surface area contributed by atoms with Gasteiger partial charge in [0, 0.05) is 32.9 Å². The van der Waals surface area contributed by atoms with Crippen LogP contribution in [0.25, 0.3) is 0 Å². The summed E-state index contributed by atoms with van der Waals surface area (Å²) in [4.78, 5) is 18.2. The molecular weight excluding hydrogens is 226 g/mol. The average Bonchev–Trinajstić information content (AvgIpc) is 2.62. The van der Waals surface area contributed by atoms with E-state index in [4.69, 9.17) is 0 Å². The molecule has 0 atom stereocenters. The van der Waals surface area contributed by atoms with Crippen LogP contribution in [-0.2, 0) is 6.54 Å². The standard InChI is InChI=1S/C14H21N3O/c1-11-15-9-13(14(18)7-8-16(2)3)17(11)10-12-5-4-6-12/h7-9,12H,4-6,10H2,1-3H3/b8-7+. The van der Waals surface area contributed by atoms with Crippen LogP contribution in [0.2, 0.25) is 0 Å². The minimum absolute atomic E-state index is 0.0311. The van der Waals surface area contributed by atoms with E-state index in [0.29, 0.717) is 5.69 Å². The van der Waals surface area contributed by atoms with Gasteiger partial charge in [0.15, 0.2) is 0 Å². The lowest BCUT2D eigenvalue weighted by Gasteiger charge is -2.26. The van der Waals surface area contributed by atoms with E-state index in [9.17, 15) is 4.79 Å². The van der Waals surface area contributed by atoms with Gasteiger partial charge in [-0.3, -0.25) is 4.79 Å². The summed E-state index contributed by atoms with van der Waals surface area (Å²) < 4.78 is 2.06. The van der Waals surface area contributed by atoms with Crippen molar-refractivity contribution in [2.45, 2.75) is 32.7 Å². The number of aromatic nitrogens is 2. The molecule has 4 heteroatoms. The molecule has 1 fully saturated rings. The predicted octanol–water partition coefficient (Wildman–Crippen LogP) is 2.25. The first-order chi connectivity index (χ1) is 8.58. The van der Waals surface area contributed by atoms with Crippen LogP contribution in [0.1, 0.15) is 35.6 Å².